The lowest BCUT2D eigenvalue weighted by Crippen LogP contribution is -2.28. The molecule has 1 fully saturated rings. The number of amides is 1. The fourth-order valence-electron chi connectivity index (χ4n) is 2.40. The van der Waals surface area contributed by atoms with Crippen molar-refractivity contribution in [3.63, 3.8) is 0 Å². The summed E-state index contributed by atoms with van der Waals surface area (Å²) in [6.45, 7) is 2.51. The van der Waals surface area contributed by atoms with Gasteiger partial charge in [0.1, 0.15) is 0 Å². The Morgan fingerprint density at radius 1 is 1.40 bits per heavy atom. The van der Waals surface area contributed by atoms with Gasteiger partial charge in [0.15, 0.2) is 0 Å². The van der Waals surface area contributed by atoms with Crippen molar-refractivity contribution < 1.29 is 19.4 Å². The third kappa shape index (κ3) is 3.57. The van der Waals surface area contributed by atoms with Gasteiger partial charge in [0.05, 0.1) is 12.0 Å². The first-order valence-electron chi connectivity index (χ1n) is 6.80. The molecule has 0 radical (unpaired) electrons. The van der Waals surface area contributed by atoms with Crippen molar-refractivity contribution in [1.82, 2.24) is 0 Å². The summed E-state index contributed by atoms with van der Waals surface area (Å²) in [6, 6.07) is 7.31. The summed E-state index contributed by atoms with van der Waals surface area (Å²) in [5, 5.41) is 11.6. The highest BCUT2D eigenvalue weighted by atomic mass is 16.5. The average molecular weight is 277 g/mol. The van der Waals surface area contributed by atoms with E-state index in [-0.39, 0.29) is 24.3 Å². The quantitative estimate of drug-likeness (QED) is 0.864. The van der Waals surface area contributed by atoms with E-state index < -0.39 is 5.97 Å². The van der Waals surface area contributed by atoms with Crippen LogP contribution in [0, 0.1) is 5.92 Å². The Hall–Kier alpha value is -1.88. The molecule has 5 heteroatoms. The second-order valence-corrected chi connectivity index (χ2v) is 5.01. The van der Waals surface area contributed by atoms with E-state index in [9.17, 15) is 9.59 Å². The summed E-state index contributed by atoms with van der Waals surface area (Å²) < 4.78 is 5.39. The maximum Gasteiger partial charge on any atom is 0.303 e. The van der Waals surface area contributed by atoms with Gasteiger partial charge in [-0.25, -0.2) is 0 Å². The minimum Gasteiger partial charge on any atom is -0.481 e. The SMILES string of the molecule is CC1OCCC1C(=O)Nc1ccccc1CCC(=O)O. The maximum absolute atomic E-state index is 12.2. The molecule has 0 aromatic heterocycles. The monoisotopic (exact) mass is 277 g/mol. The van der Waals surface area contributed by atoms with Crippen LogP contribution >= 0.6 is 0 Å². The van der Waals surface area contributed by atoms with Crippen molar-refractivity contribution in [2.24, 2.45) is 5.92 Å². The summed E-state index contributed by atoms with van der Waals surface area (Å²) in [7, 11) is 0. The molecule has 1 aromatic rings. The van der Waals surface area contributed by atoms with Crippen LogP contribution in [0.5, 0.6) is 0 Å². The minimum atomic E-state index is -0.844. The third-order valence-corrected chi connectivity index (χ3v) is 3.60. The van der Waals surface area contributed by atoms with E-state index in [4.69, 9.17) is 9.84 Å². The lowest BCUT2D eigenvalue weighted by atomic mass is 10.0. The van der Waals surface area contributed by atoms with Crippen LogP contribution in [0.3, 0.4) is 0 Å². The number of carboxylic acid groups (broad SMARTS) is 1. The van der Waals surface area contributed by atoms with E-state index in [1.54, 1.807) is 6.07 Å². The van der Waals surface area contributed by atoms with E-state index >= 15 is 0 Å². The summed E-state index contributed by atoms with van der Waals surface area (Å²) in [5.74, 6) is -1.04. The zero-order valence-electron chi connectivity index (χ0n) is 11.5. The summed E-state index contributed by atoms with van der Waals surface area (Å²) >= 11 is 0. The Kier molecular flexibility index (Phi) is 4.74. The molecular formula is C15H19NO4. The van der Waals surface area contributed by atoms with Crippen LogP contribution in [-0.2, 0) is 20.7 Å². The maximum atomic E-state index is 12.2. The highest BCUT2D eigenvalue weighted by Crippen LogP contribution is 2.24. The molecule has 1 aromatic carbocycles. The molecule has 1 heterocycles. The van der Waals surface area contributed by atoms with Gasteiger partial charge in [0.25, 0.3) is 0 Å². The van der Waals surface area contributed by atoms with E-state index in [1.165, 1.54) is 0 Å². The zero-order chi connectivity index (χ0) is 14.5. The number of hydrogen-bond acceptors (Lipinski definition) is 3. The molecule has 2 unspecified atom stereocenters. The van der Waals surface area contributed by atoms with E-state index in [0.717, 1.165) is 12.0 Å². The van der Waals surface area contributed by atoms with E-state index in [0.29, 0.717) is 18.7 Å². The van der Waals surface area contributed by atoms with Crippen molar-refractivity contribution in [3.05, 3.63) is 29.8 Å². The molecule has 1 aliphatic rings. The predicted molar refractivity (Wildman–Crippen MR) is 74.5 cm³/mol. The first kappa shape index (κ1) is 14.5. The van der Waals surface area contributed by atoms with Gasteiger partial charge in [0, 0.05) is 18.7 Å². The molecule has 2 rings (SSSR count). The Balaban J connectivity index is 2.04. The van der Waals surface area contributed by atoms with Crippen molar-refractivity contribution >= 4 is 17.6 Å². The third-order valence-electron chi connectivity index (χ3n) is 3.60. The molecule has 2 N–H and O–H groups in total. The number of carboxylic acids is 1. The summed E-state index contributed by atoms with van der Waals surface area (Å²) in [4.78, 5) is 22.9. The summed E-state index contributed by atoms with van der Waals surface area (Å²) in [6.07, 6.45) is 1.11. The molecule has 0 spiro atoms. The van der Waals surface area contributed by atoms with Crippen LogP contribution in [0.15, 0.2) is 24.3 Å². The number of nitrogens with one attached hydrogen (secondary N) is 1. The number of anilines is 1. The number of rotatable bonds is 5. The first-order valence-corrected chi connectivity index (χ1v) is 6.80. The van der Waals surface area contributed by atoms with Gasteiger partial charge in [-0.1, -0.05) is 18.2 Å². The molecule has 1 aliphatic heterocycles. The van der Waals surface area contributed by atoms with E-state index in [1.807, 2.05) is 25.1 Å². The number of para-hydroxylation sites is 1. The van der Waals surface area contributed by atoms with Crippen molar-refractivity contribution in [2.75, 3.05) is 11.9 Å². The first-order chi connectivity index (χ1) is 9.58. The van der Waals surface area contributed by atoms with Gasteiger partial charge in [-0.05, 0) is 31.4 Å². The summed E-state index contributed by atoms with van der Waals surface area (Å²) in [5.41, 5.74) is 1.53. The van der Waals surface area contributed by atoms with Gasteiger partial charge in [0.2, 0.25) is 5.91 Å². The lowest BCUT2D eigenvalue weighted by molar-refractivity contribution is -0.137. The average Bonchev–Trinajstić information content (AvgIpc) is 2.84. The molecule has 108 valence electrons. The molecule has 0 saturated carbocycles. The lowest BCUT2D eigenvalue weighted by Gasteiger charge is -2.16. The van der Waals surface area contributed by atoms with Crippen LogP contribution in [0.1, 0.15) is 25.3 Å². The van der Waals surface area contributed by atoms with Crippen molar-refractivity contribution in [2.45, 2.75) is 32.3 Å². The van der Waals surface area contributed by atoms with Gasteiger partial charge < -0.3 is 15.2 Å². The predicted octanol–water partition coefficient (Wildman–Crippen LogP) is 2.07. The highest BCUT2D eigenvalue weighted by Gasteiger charge is 2.30. The number of benzene rings is 1. The largest absolute Gasteiger partial charge is 0.481 e. The number of carbonyl (C=O) groups excluding carboxylic acids is 1. The molecule has 0 aliphatic carbocycles. The second-order valence-electron chi connectivity index (χ2n) is 5.01. The fraction of sp³-hybridized carbons (Fsp3) is 0.467. The molecule has 20 heavy (non-hydrogen) atoms. The molecule has 5 nitrogen and oxygen atoms in total. The molecule has 0 bridgehead atoms. The molecule has 2 atom stereocenters. The van der Waals surface area contributed by atoms with Crippen LogP contribution in [-0.4, -0.2) is 29.7 Å². The fourth-order valence-corrected chi connectivity index (χ4v) is 2.40. The Morgan fingerprint density at radius 2 is 2.15 bits per heavy atom. The number of hydrogen-bond donors (Lipinski definition) is 2. The van der Waals surface area contributed by atoms with Gasteiger partial charge in [-0.15, -0.1) is 0 Å². The number of aliphatic carboxylic acids is 1. The van der Waals surface area contributed by atoms with Crippen molar-refractivity contribution in [3.8, 4) is 0 Å². The number of ether oxygens (including phenoxy) is 1. The molecular weight excluding hydrogens is 258 g/mol. The van der Waals surface area contributed by atoms with Crippen LogP contribution in [0.2, 0.25) is 0 Å². The Bertz CT molecular complexity index is 500. The normalized spacial score (nSPS) is 21.6. The van der Waals surface area contributed by atoms with Gasteiger partial charge in [-0.2, -0.15) is 0 Å². The zero-order valence-corrected chi connectivity index (χ0v) is 11.5. The van der Waals surface area contributed by atoms with E-state index in [2.05, 4.69) is 5.32 Å². The highest BCUT2D eigenvalue weighted by molar-refractivity contribution is 5.93. The second kappa shape index (κ2) is 6.52. The number of aryl methyl sites for hydroxylation is 1. The Labute approximate surface area is 117 Å². The molecule has 1 saturated heterocycles. The van der Waals surface area contributed by atoms with Crippen LogP contribution < -0.4 is 5.32 Å². The Morgan fingerprint density at radius 3 is 2.80 bits per heavy atom. The van der Waals surface area contributed by atoms with Gasteiger partial charge >= 0.3 is 5.97 Å². The smallest absolute Gasteiger partial charge is 0.303 e. The van der Waals surface area contributed by atoms with Crippen LogP contribution in [0.25, 0.3) is 0 Å². The van der Waals surface area contributed by atoms with Gasteiger partial charge in [-0.3, -0.25) is 9.59 Å². The minimum absolute atomic E-state index is 0.0514. The standard InChI is InChI=1S/C15H19NO4/c1-10-12(8-9-20-10)15(19)16-13-5-3-2-4-11(13)6-7-14(17)18/h2-5,10,12H,6-9H2,1H3,(H,16,19)(H,17,18). The number of carbonyl (C=O) groups is 2. The molecule has 1 amide bonds. The topological polar surface area (TPSA) is 75.6 Å². The van der Waals surface area contributed by atoms with Crippen LogP contribution in [0.4, 0.5) is 5.69 Å². The van der Waals surface area contributed by atoms with Crippen molar-refractivity contribution in [1.29, 1.82) is 0 Å².